The molecule has 0 bridgehead atoms. The van der Waals surface area contributed by atoms with E-state index in [0.717, 1.165) is 48.8 Å². The van der Waals surface area contributed by atoms with Crippen molar-refractivity contribution in [2.75, 3.05) is 26.2 Å². The van der Waals surface area contributed by atoms with Crippen LogP contribution in [0.2, 0.25) is 6.32 Å². The van der Waals surface area contributed by atoms with Gasteiger partial charge in [-0.1, -0.05) is 18.5 Å². The first-order valence-corrected chi connectivity index (χ1v) is 8.44. The topological polar surface area (TPSA) is 35.5 Å². The lowest BCUT2D eigenvalue weighted by Crippen LogP contribution is -2.53. The highest BCUT2D eigenvalue weighted by Gasteiger charge is 2.33. The van der Waals surface area contributed by atoms with Crippen LogP contribution < -0.4 is 5.32 Å². The van der Waals surface area contributed by atoms with Gasteiger partial charge in [0.05, 0.1) is 0 Å². The van der Waals surface area contributed by atoms with E-state index in [4.69, 9.17) is 0 Å². The molecular weight excluding hydrogens is 259 g/mol. The maximum Gasteiger partial charge on any atom is 0.121 e. The zero-order valence-electron chi connectivity index (χ0n) is 13.4. The minimum atomic E-state index is 0.533. The van der Waals surface area contributed by atoms with Crippen molar-refractivity contribution in [2.24, 2.45) is 5.92 Å². The molecule has 1 aromatic carbocycles. The molecule has 4 heteroatoms. The van der Waals surface area contributed by atoms with E-state index >= 15 is 0 Å². The molecule has 3 nitrogen and oxygen atoms in total. The number of hydrogen-bond donors (Lipinski definition) is 2. The number of phenols is 1. The zero-order valence-corrected chi connectivity index (χ0v) is 13.4. The Morgan fingerprint density at radius 2 is 2.10 bits per heavy atom. The van der Waals surface area contributed by atoms with Crippen LogP contribution in [-0.2, 0) is 12.8 Å². The van der Waals surface area contributed by atoms with Crippen molar-refractivity contribution in [3.8, 4) is 5.75 Å². The van der Waals surface area contributed by atoms with Gasteiger partial charge in [0.15, 0.2) is 0 Å². The van der Waals surface area contributed by atoms with Crippen LogP contribution in [0, 0.1) is 12.8 Å². The van der Waals surface area contributed by atoms with E-state index in [2.05, 4.69) is 37.1 Å². The summed E-state index contributed by atoms with van der Waals surface area (Å²) in [7, 11) is 2.16. The Morgan fingerprint density at radius 3 is 2.76 bits per heavy atom. The van der Waals surface area contributed by atoms with Crippen LogP contribution in [-0.4, -0.2) is 50.1 Å². The lowest BCUT2D eigenvalue weighted by atomic mass is 9.87. The van der Waals surface area contributed by atoms with Crippen molar-refractivity contribution >= 4 is 7.85 Å². The molecule has 21 heavy (non-hydrogen) atoms. The van der Waals surface area contributed by atoms with Gasteiger partial charge in [0, 0.05) is 25.7 Å². The van der Waals surface area contributed by atoms with Crippen LogP contribution in [0.1, 0.15) is 23.1 Å². The third kappa shape index (κ3) is 3.11. The predicted octanol–water partition coefficient (Wildman–Crippen LogP) is 1.13. The quantitative estimate of drug-likeness (QED) is 0.797. The first-order chi connectivity index (χ1) is 10.2. The lowest BCUT2D eigenvalue weighted by molar-refractivity contribution is 0.0608. The molecule has 0 amide bonds. The van der Waals surface area contributed by atoms with Crippen LogP contribution in [0.4, 0.5) is 0 Å². The van der Waals surface area contributed by atoms with Gasteiger partial charge in [-0.25, -0.2) is 0 Å². The Morgan fingerprint density at radius 1 is 1.33 bits per heavy atom. The van der Waals surface area contributed by atoms with Gasteiger partial charge in [0.25, 0.3) is 0 Å². The number of likely N-dealkylation sites (tertiary alicyclic amines) is 1. The summed E-state index contributed by atoms with van der Waals surface area (Å²) in [5, 5.41) is 13.8. The number of aromatic hydroxyl groups is 1. The molecule has 0 aromatic heterocycles. The number of aryl methyl sites for hydroxylation is 1. The summed E-state index contributed by atoms with van der Waals surface area (Å²) in [4.78, 5) is 2.62. The molecule has 1 unspecified atom stereocenters. The summed E-state index contributed by atoms with van der Waals surface area (Å²) in [6.07, 6.45) is 4.47. The second-order valence-corrected chi connectivity index (χ2v) is 6.78. The van der Waals surface area contributed by atoms with E-state index in [1.807, 2.05) is 0 Å². The number of phenolic OH excluding ortho intramolecular Hbond substituents is 1. The van der Waals surface area contributed by atoms with Crippen LogP contribution in [0.25, 0.3) is 0 Å². The molecule has 114 valence electrons. The summed E-state index contributed by atoms with van der Waals surface area (Å²) in [5.41, 5.74) is 3.54. The van der Waals surface area contributed by atoms with Crippen molar-refractivity contribution < 1.29 is 5.11 Å². The SMILES string of the molecule is BCCc1ccc(CC2CN(C3CCNC3)C2)c(C)c1O. The number of nitrogens with zero attached hydrogens (tertiary/aromatic N) is 1. The monoisotopic (exact) mass is 286 g/mol. The van der Waals surface area contributed by atoms with Crippen LogP contribution in [0.5, 0.6) is 5.75 Å². The highest BCUT2D eigenvalue weighted by Crippen LogP contribution is 2.31. The van der Waals surface area contributed by atoms with Gasteiger partial charge in [-0.05, 0) is 55.3 Å². The van der Waals surface area contributed by atoms with E-state index < -0.39 is 0 Å². The fourth-order valence-corrected chi connectivity index (χ4v) is 3.79. The van der Waals surface area contributed by atoms with Crippen molar-refractivity contribution in [3.63, 3.8) is 0 Å². The molecule has 2 fully saturated rings. The highest BCUT2D eigenvalue weighted by molar-refractivity contribution is 6.08. The number of hydrogen-bond acceptors (Lipinski definition) is 3. The molecule has 3 rings (SSSR count). The summed E-state index contributed by atoms with van der Waals surface area (Å²) in [5.74, 6) is 1.30. The van der Waals surface area contributed by atoms with E-state index in [0.29, 0.717) is 5.75 Å². The van der Waals surface area contributed by atoms with Gasteiger partial charge in [0.1, 0.15) is 13.6 Å². The molecule has 1 atom stereocenters. The predicted molar refractivity (Wildman–Crippen MR) is 89.9 cm³/mol. The van der Waals surface area contributed by atoms with Gasteiger partial charge >= 0.3 is 0 Å². The maximum atomic E-state index is 10.3. The molecular formula is C17H27BN2O. The first-order valence-electron chi connectivity index (χ1n) is 8.44. The molecule has 2 saturated heterocycles. The number of rotatable bonds is 5. The van der Waals surface area contributed by atoms with Gasteiger partial charge in [-0.3, -0.25) is 4.90 Å². The maximum absolute atomic E-state index is 10.3. The van der Waals surface area contributed by atoms with E-state index in [1.54, 1.807) is 0 Å². The van der Waals surface area contributed by atoms with Crippen molar-refractivity contribution in [2.45, 2.75) is 38.5 Å². The minimum Gasteiger partial charge on any atom is -0.507 e. The Balaban J connectivity index is 1.57. The first kappa shape index (κ1) is 14.9. The second-order valence-electron chi connectivity index (χ2n) is 6.78. The van der Waals surface area contributed by atoms with Crippen molar-refractivity contribution in [1.29, 1.82) is 0 Å². The van der Waals surface area contributed by atoms with Gasteiger partial charge in [-0.15, -0.1) is 0 Å². The average Bonchev–Trinajstić information content (AvgIpc) is 2.94. The summed E-state index contributed by atoms with van der Waals surface area (Å²) < 4.78 is 0. The van der Waals surface area contributed by atoms with Crippen LogP contribution in [0.15, 0.2) is 12.1 Å². The summed E-state index contributed by atoms with van der Waals surface area (Å²) >= 11 is 0. The molecule has 0 spiro atoms. The van der Waals surface area contributed by atoms with Gasteiger partial charge in [0.2, 0.25) is 0 Å². The Hall–Kier alpha value is -0.995. The number of benzene rings is 1. The van der Waals surface area contributed by atoms with Crippen LogP contribution in [0.3, 0.4) is 0 Å². The molecule has 1 aromatic rings. The minimum absolute atomic E-state index is 0.533. The van der Waals surface area contributed by atoms with E-state index in [1.165, 1.54) is 31.6 Å². The fraction of sp³-hybridized carbons (Fsp3) is 0.647. The van der Waals surface area contributed by atoms with Crippen molar-refractivity contribution in [1.82, 2.24) is 10.2 Å². The third-order valence-electron chi connectivity index (χ3n) is 5.19. The molecule has 2 aliphatic rings. The zero-order chi connectivity index (χ0) is 14.8. The number of nitrogens with one attached hydrogen (secondary N) is 1. The smallest absolute Gasteiger partial charge is 0.121 e. The summed E-state index contributed by atoms with van der Waals surface area (Å²) in [6, 6.07) is 5.13. The molecule has 2 heterocycles. The average molecular weight is 286 g/mol. The van der Waals surface area contributed by atoms with E-state index in [9.17, 15) is 5.11 Å². The molecule has 0 aliphatic carbocycles. The fourth-order valence-electron chi connectivity index (χ4n) is 3.79. The molecule has 2 aliphatic heterocycles. The highest BCUT2D eigenvalue weighted by atomic mass is 16.3. The standard InChI is InChI=1S/C17H27BN2O/c1-12-15(3-2-14(4-6-18)17(12)21)8-13-10-20(11-13)16-5-7-19-9-16/h2-3,13,16,19,21H,4-11,18H2,1H3. The Labute approximate surface area is 129 Å². The lowest BCUT2D eigenvalue weighted by Gasteiger charge is -2.43. The third-order valence-corrected chi connectivity index (χ3v) is 5.19. The largest absolute Gasteiger partial charge is 0.507 e. The Bertz CT molecular complexity index is 494. The molecule has 2 N–H and O–H groups in total. The van der Waals surface area contributed by atoms with Crippen molar-refractivity contribution in [3.05, 3.63) is 28.8 Å². The van der Waals surface area contributed by atoms with Gasteiger partial charge in [-0.2, -0.15) is 0 Å². The van der Waals surface area contributed by atoms with E-state index in [-0.39, 0.29) is 0 Å². The van der Waals surface area contributed by atoms with Crippen LogP contribution >= 0.6 is 0 Å². The van der Waals surface area contributed by atoms with Gasteiger partial charge < -0.3 is 10.4 Å². The molecule has 0 radical (unpaired) electrons. The molecule has 0 saturated carbocycles. The summed E-state index contributed by atoms with van der Waals surface area (Å²) in [6.45, 7) is 6.86. The second kappa shape index (κ2) is 6.41. The Kier molecular flexibility index (Phi) is 4.55. The normalized spacial score (nSPS) is 23.4.